The average molecular weight is 454 g/mol. The van der Waals surface area contributed by atoms with Crippen LogP contribution in [0, 0.1) is 5.41 Å². The Morgan fingerprint density at radius 3 is 2.84 bits per heavy atom. The summed E-state index contributed by atoms with van der Waals surface area (Å²) in [4.78, 5) is 29.7. The average Bonchev–Trinajstić information content (AvgIpc) is 3.30. The van der Waals surface area contributed by atoms with Gasteiger partial charge in [0.25, 0.3) is 5.91 Å². The van der Waals surface area contributed by atoms with Crippen molar-refractivity contribution in [2.45, 2.75) is 20.8 Å². The molecule has 3 aromatic rings. The zero-order valence-corrected chi connectivity index (χ0v) is 18.7. The molecule has 0 unspecified atom stereocenters. The fourth-order valence-electron chi connectivity index (χ4n) is 2.76. The van der Waals surface area contributed by atoms with E-state index < -0.39 is 5.41 Å². The van der Waals surface area contributed by atoms with Crippen molar-refractivity contribution >= 4 is 63.3 Å². The molecule has 0 radical (unpaired) electrons. The monoisotopic (exact) mass is 453 g/mol. The molecule has 0 spiro atoms. The van der Waals surface area contributed by atoms with Gasteiger partial charge in [-0.1, -0.05) is 32.4 Å². The Morgan fingerprint density at radius 2 is 2.06 bits per heavy atom. The van der Waals surface area contributed by atoms with E-state index in [1.54, 1.807) is 35.0 Å². The highest BCUT2D eigenvalue weighted by atomic mass is 35.5. The highest BCUT2D eigenvalue weighted by Gasteiger charge is 2.25. The number of amides is 2. The van der Waals surface area contributed by atoms with Crippen LogP contribution in [0.5, 0.6) is 0 Å². The number of pyridine rings is 1. The molecule has 158 valence electrons. The molecule has 2 amide bonds. The summed E-state index contributed by atoms with van der Waals surface area (Å²) in [6.45, 7) is 5.51. The SMILES string of the molecule is CC(C)(C)C(=O)Nc1ccc(Cl)c(/N=C2/NC(=O)/C(=C/c3ccn4nccc4c3)S2)c1. The molecule has 3 heterocycles. The van der Waals surface area contributed by atoms with Crippen LogP contribution in [-0.4, -0.2) is 26.6 Å². The number of benzene rings is 1. The number of aromatic nitrogens is 2. The second kappa shape index (κ2) is 8.20. The second-order valence-electron chi connectivity index (χ2n) is 8.01. The van der Waals surface area contributed by atoms with Crippen LogP contribution in [0.4, 0.5) is 11.4 Å². The zero-order valence-electron chi connectivity index (χ0n) is 17.1. The van der Waals surface area contributed by atoms with Crippen LogP contribution >= 0.6 is 23.4 Å². The molecule has 1 aliphatic rings. The van der Waals surface area contributed by atoms with E-state index in [0.29, 0.717) is 26.5 Å². The van der Waals surface area contributed by atoms with E-state index in [1.165, 1.54) is 11.8 Å². The van der Waals surface area contributed by atoms with Crippen LogP contribution in [0.25, 0.3) is 11.6 Å². The first kappa shape index (κ1) is 21.1. The van der Waals surface area contributed by atoms with Crippen LogP contribution in [0.3, 0.4) is 0 Å². The van der Waals surface area contributed by atoms with Crippen molar-refractivity contribution in [2.24, 2.45) is 10.4 Å². The van der Waals surface area contributed by atoms with Gasteiger partial charge in [-0.25, -0.2) is 9.51 Å². The number of halogens is 1. The number of thioether (sulfide) groups is 1. The van der Waals surface area contributed by atoms with Crippen LogP contribution in [0.15, 0.2) is 58.7 Å². The Balaban J connectivity index is 1.56. The predicted molar refractivity (Wildman–Crippen MR) is 126 cm³/mol. The predicted octanol–water partition coefficient (Wildman–Crippen LogP) is 4.86. The van der Waals surface area contributed by atoms with E-state index in [9.17, 15) is 9.59 Å². The number of hydrogen-bond donors (Lipinski definition) is 2. The van der Waals surface area contributed by atoms with E-state index in [1.807, 2.05) is 45.2 Å². The van der Waals surface area contributed by atoms with Crippen LogP contribution in [0.1, 0.15) is 26.3 Å². The fourth-order valence-corrected chi connectivity index (χ4v) is 3.76. The lowest BCUT2D eigenvalue weighted by Crippen LogP contribution is -2.27. The second-order valence-corrected chi connectivity index (χ2v) is 9.45. The number of carbonyl (C=O) groups is 2. The lowest BCUT2D eigenvalue weighted by atomic mass is 9.95. The molecule has 0 bridgehead atoms. The Morgan fingerprint density at radius 1 is 1.26 bits per heavy atom. The largest absolute Gasteiger partial charge is 0.326 e. The molecule has 1 aromatic carbocycles. The summed E-state index contributed by atoms with van der Waals surface area (Å²) < 4.78 is 1.75. The first-order chi connectivity index (χ1) is 14.7. The molecular formula is C22H20ClN5O2S. The van der Waals surface area contributed by atoms with Gasteiger partial charge in [0.15, 0.2) is 5.17 Å². The molecule has 0 aliphatic carbocycles. The maximum absolute atomic E-state index is 12.4. The van der Waals surface area contributed by atoms with E-state index >= 15 is 0 Å². The first-order valence-electron chi connectivity index (χ1n) is 9.53. The summed E-state index contributed by atoms with van der Waals surface area (Å²) >= 11 is 7.51. The minimum Gasteiger partial charge on any atom is -0.326 e. The molecule has 1 saturated heterocycles. The van der Waals surface area contributed by atoms with Crippen molar-refractivity contribution in [1.82, 2.24) is 14.9 Å². The summed E-state index contributed by atoms with van der Waals surface area (Å²) in [5, 5.41) is 10.6. The number of aliphatic imine (C=N–C) groups is 1. The normalized spacial score (nSPS) is 16.8. The smallest absolute Gasteiger partial charge is 0.264 e. The summed E-state index contributed by atoms with van der Waals surface area (Å²) in [5.41, 5.74) is 2.34. The van der Waals surface area contributed by atoms with Crippen molar-refractivity contribution in [1.29, 1.82) is 0 Å². The summed E-state index contributed by atoms with van der Waals surface area (Å²) in [5.74, 6) is -0.345. The lowest BCUT2D eigenvalue weighted by Gasteiger charge is -2.18. The van der Waals surface area contributed by atoms with Gasteiger partial charge in [0.1, 0.15) is 0 Å². The van der Waals surface area contributed by atoms with Crippen LogP contribution in [0.2, 0.25) is 5.02 Å². The van der Waals surface area contributed by atoms with Gasteiger partial charge in [-0.15, -0.1) is 0 Å². The molecule has 1 aliphatic heterocycles. The summed E-state index contributed by atoms with van der Waals surface area (Å²) in [6.07, 6.45) is 5.36. The molecule has 0 atom stereocenters. The number of nitrogens with one attached hydrogen (secondary N) is 2. The maximum Gasteiger partial charge on any atom is 0.264 e. The Bertz CT molecular complexity index is 1260. The Labute approximate surface area is 188 Å². The molecule has 4 rings (SSSR count). The highest BCUT2D eigenvalue weighted by Crippen LogP contribution is 2.33. The molecule has 2 N–H and O–H groups in total. The van der Waals surface area contributed by atoms with Gasteiger partial charge in [-0.05, 0) is 59.8 Å². The maximum atomic E-state index is 12.4. The number of nitrogens with zero attached hydrogens (tertiary/aromatic N) is 3. The molecule has 2 aromatic heterocycles. The highest BCUT2D eigenvalue weighted by molar-refractivity contribution is 8.18. The van der Waals surface area contributed by atoms with E-state index in [2.05, 4.69) is 20.7 Å². The van der Waals surface area contributed by atoms with Gasteiger partial charge in [0.05, 0.1) is 21.1 Å². The minimum absolute atomic E-state index is 0.114. The van der Waals surface area contributed by atoms with Gasteiger partial charge < -0.3 is 10.6 Å². The fraction of sp³-hybridized carbons (Fsp3) is 0.182. The number of anilines is 1. The number of amidine groups is 1. The standard InChI is InChI=1S/C22H20ClN5O2S/c1-22(2,3)20(30)25-14-4-5-16(23)17(12-14)26-21-27-19(29)18(31-21)11-13-7-9-28-15(10-13)6-8-24-28/h4-12H,1-3H3,(H,25,30)(H,26,27,29)/b18-11-. The lowest BCUT2D eigenvalue weighted by molar-refractivity contribution is -0.123. The molecule has 31 heavy (non-hydrogen) atoms. The molecule has 1 fully saturated rings. The van der Waals surface area contributed by atoms with Crippen molar-refractivity contribution in [3.63, 3.8) is 0 Å². The van der Waals surface area contributed by atoms with Crippen molar-refractivity contribution in [2.75, 3.05) is 5.32 Å². The summed E-state index contributed by atoms with van der Waals surface area (Å²) in [7, 11) is 0. The van der Waals surface area contributed by atoms with Crippen molar-refractivity contribution in [3.8, 4) is 0 Å². The van der Waals surface area contributed by atoms with Gasteiger partial charge in [0.2, 0.25) is 5.91 Å². The number of fused-ring (bicyclic) bond motifs is 1. The van der Waals surface area contributed by atoms with E-state index in [-0.39, 0.29) is 11.8 Å². The topological polar surface area (TPSA) is 87.9 Å². The third-order valence-electron chi connectivity index (χ3n) is 4.48. The number of carbonyl (C=O) groups excluding carboxylic acids is 2. The van der Waals surface area contributed by atoms with E-state index in [0.717, 1.165) is 11.1 Å². The van der Waals surface area contributed by atoms with Gasteiger partial charge >= 0.3 is 0 Å². The summed E-state index contributed by atoms with van der Waals surface area (Å²) in [6, 6.07) is 10.8. The molecule has 9 heteroatoms. The third kappa shape index (κ3) is 4.81. The Kier molecular flexibility index (Phi) is 5.60. The molecule has 0 saturated carbocycles. The molecular weight excluding hydrogens is 434 g/mol. The van der Waals surface area contributed by atoms with E-state index in [4.69, 9.17) is 11.6 Å². The quantitative estimate of drug-likeness (QED) is 0.554. The van der Waals surface area contributed by atoms with Gasteiger partial charge in [0, 0.05) is 23.5 Å². The van der Waals surface area contributed by atoms with Crippen molar-refractivity contribution < 1.29 is 9.59 Å². The molecule has 7 nitrogen and oxygen atoms in total. The zero-order chi connectivity index (χ0) is 22.2. The minimum atomic E-state index is -0.527. The van der Waals surface area contributed by atoms with Crippen LogP contribution < -0.4 is 10.6 Å². The number of hydrogen-bond acceptors (Lipinski definition) is 5. The van der Waals surface area contributed by atoms with Gasteiger partial charge in [-0.3, -0.25) is 9.59 Å². The third-order valence-corrected chi connectivity index (χ3v) is 5.71. The van der Waals surface area contributed by atoms with Crippen LogP contribution in [-0.2, 0) is 9.59 Å². The number of rotatable bonds is 3. The Hall–Kier alpha value is -3.10. The first-order valence-corrected chi connectivity index (χ1v) is 10.7. The van der Waals surface area contributed by atoms with Gasteiger partial charge in [-0.2, -0.15) is 5.10 Å². The van der Waals surface area contributed by atoms with Crippen molar-refractivity contribution in [3.05, 3.63) is 64.3 Å².